The van der Waals surface area contributed by atoms with Gasteiger partial charge in [0.15, 0.2) is 0 Å². The van der Waals surface area contributed by atoms with E-state index in [0.717, 1.165) is 17.8 Å². The van der Waals surface area contributed by atoms with Crippen LogP contribution in [0.3, 0.4) is 0 Å². The van der Waals surface area contributed by atoms with Crippen LogP contribution in [0.25, 0.3) is 17.0 Å². The van der Waals surface area contributed by atoms with Crippen LogP contribution in [0.4, 0.5) is 13.2 Å². The number of aliphatic hydroxyl groups excluding tert-OH is 2. The number of rotatable bonds is 7. The lowest BCUT2D eigenvalue weighted by molar-refractivity contribution is -0.138. The molecule has 3 aromatic rings. The number of carbonyl (C=O) groups excluding carboxylic acids is 1. The fraction of sp³-hybridized carbons (Fsp3) is 0.217. The summed E-state index contributed by atoms with van der Waals surface area (Å²) in [6.07, 6.45) is -2.67. The summed E-state index contributed by atoms with van der Waals surface area (Å²) in [4.78, 5) is 16.4. The smallest absolute Gasteiger partial charge is 0.394 e. The molecule has 1 atom stereocenters. The predicted molar refractivity (Wildman–Crippen MR) is 129 cm³/mol. The Morgan fingerprint density at radius 3 is 2.74 bits per heavy atom. The van der Waals surface area contributed by atoms with E-state index in [1.807, 2.05) is 0 Å². The second kappa shape index (κ2) is 9.94. The van der Waals surface area contributed by atoms with Crippen molar-refractivity contribution in [1.82, 2.24) is 9.78 Å². The zero-order valence-electron chi connectivity index (χ0n) is 17.9. The molecule has 0 saturated carbocycles. The minimum atomic E-state index is -4.55. The Morgan fingerprint density at radius 1 is 1.26 bits per heavy atom. The molecule has 0 bridgehead atoms. The summed E-state index contributed by atoms with van der Waals surface area (Å²) in [6, 6.07) is 8.76. The van der Waals surface area contributed by atoms with Gasteiger partial charge < -0.3 is 15.6 Å². The first-order valence-corrected chi connectivity index (χ1v) is 11.4. The Hall–Kier alpha value is -2.99. The molecule has 0 radical (unpaired) electrons. The summed E-state index contributed by atoms with van der Waals surface area (Å²) in [6.45, 7) is -0.608. The van der Waals surface area contributed by atoms with Gasteiger partial charge in [-0.2, -0.15) is 23.3 Å². The van der Waals surface area contributed by atoms with Crippen LogP contribution in [0.2, 0.25) is 5.02 Å². The van der Waals surface area contributed by atoms with E-state index in [1.165, 1.54) is 23.0 Å². The Balaban J connectivity index is 1.55. The number of hydrogen-bond donors (Lipinski definition) is 3. The van der Waals surface area contributed by atoms with E-state index in [-0.39, 0.29) is 39.2 Å². The number of amides is 1. The Kier molecular flexibility index (Phi) is 7.13. The van der Waals surface area contributed by atoms with Crippen molar-refractivity contribution in [3.63, 3.8) is 0 Å². The summed E-state index contributed by atoms with van der Waals surface area (Å²) in [5, 5.41) is 31.4. The average molecular weight is 523 g/mol. The maximum Gasteiger partial charge on any atom is 0.416 e. The van der Waals surface area contributed by atoms with E-state index < -0.39 is 30.4 Å². The monoisotopic (exact) mass is 522 g/mol. The maximum atomic E-state index is 13.4. The molecule has 1 aromatic heterocycles. The van der Waals surface area contributed by atoms with Crippen LogP contribution in [0, 0.1) is 5.41 Å². The van der Waals surface area contributed by atoms with E-state index in [1.54, 1.807) is 24.3 Å². The lowest BCUT2D eigenvalue weighted by Crippen LogP contribution is -2.20. The summed E-state index contributed by atoms with van der Waals surface area (Å²) < 4.78 is 41.8. The van der Waals surface area contributed by atoms with Gasteiger partial charge in [0.1, 0.15) is 5.04 Å². The highest BCUT2D eigenvalue weighted by molar-refractivity contribution is 8.20. The molecule has 1 unspecified atom stereocenters. The van der Waals surface area contributed by atoms with Crippen molar-refractivity contribution in [1.29, 1.82) is 5.41 Å². The highest BCUT2D eigenvalue weighted by atomic mass is 35.5. The number of alkyl halides is 3. The van der Waals surface area contributed by atoms with Gasteiger partial charge in [0.2, 0.25) is 0 Å². The molecule has 0 fully saturated rings. The standard InChI is InChI=1S/C23H18ClF3N4O3S/c24-15-3-2-13(17(7-15)23(25,26)27)10-31-19-4-1-12(5-14(19)9-29-31)6-20-21(34)30-22(35-20)18(28)8-16(33)11-32/h1-7,9,16,28,32-33H,8,10-11H2. The first kappa shape index (κ1) is 25.1. The molecule has 35 heavy (non-hydrogen) atoms. The highest BCUT2D eigenvalue weighted by Gasteiger charge is 2.33. The van der Waals surface area contributed by atoms with Crippen molar-refractivity contribution in [2.24, 2.45) is 4.99 Å². The molecule has 0 saturated heterocycles. The lowest BCUT2D eigenvalue weighted by Gasteiger charge is -2.14. The summed E-state index contributed by atoms with van der Waals surface area (Å²) in [5.74, 6) is -0.522. The molecule has 4 rings (SSSR count). The third kappa shape index (κ3) is 5.64. The van der Waals surface area contributed by atoms with Gasteiger partial charge in [0, 0.05) is 16.8 Å². The second-order valence-electron chi connectivity index (χ2n) is 7.77. The van der Waals surface area contributed by atoms with Crippen molar-refractivity contribution in [3.05, 3.63) is 69.2 Å². The number of aromatic nitrogens is 2. The molecular formula is C23H18ClF3N4O3S. The number of benzene rings is 2. The van der Waals surface area contributed by atoms with Gasteiger partial charge in [-0.15, -0.1) is 0 Å². The molecule has 1 aliphatic heterocycles. The van der Waals surface area contributed by atoms with Gasteiger partial charge in [-0.05, 0) is 41.5 Å². The van der Waals surface area contributed by atoms with Gasteiger partial charge in [-0.3, -0.25) is 9.48 Å². The number of aliphatic imine (C=N–C) groups is 1. The normalized spacial score (nSPS) is 16.2. The number of hydrogen-bond acceptors (Lipinski definition) is 6. The van der Waals surface area contributed by atoms with Crippen LogP contribution < -0.4 is 0 Å². The minimum Gasteiger partial charge on any atom is -0.394 e. The van der Waals surface area contributed by atoms with E-state index in [0.29, 0.717) is 16.5 Å². The van der Waals surface area contributed by atoms with Crippen LogP contribution in [0.15, 0.2) is 52.5 Å². The largest absolute Gasteiger partial charge is 0.416 e. The van der Waals surface area contributed by atoms with Crippen LogP contribution >= 0.6 is 23.4 Å². The first-order chi connectivity index (χ1) is 16.5. The Labute approximate surface area is 206 Å². The zero-order valence-corrected chi connectivity index (χ0v) is 19.5. The molecular weight excluding hydrogens is 505 g/mol. The molecule has 1 aliphatic rings. The molecule has 3 N–H and O–H groups in total. The van der Waals surface area contributed by atoms with E-state index >= 15 is 0 Å². The summed E-state index contributed by atoms with van der Waals surface area (Å²) in [7, 11) is 0. The van der Waals surface area contributed by atoms with Crippen LogP contribution in [-0.4, -0.2) is 49.4 Å². The lowest BCUT2D eigenvalue weighted by atomic mass is 10.1. The number of aliphatic hydroxyl groups is 2. The molecule has 7 nitrogen and oxygen atoms in total. The van der Waals surface area contributed by atoms with Crippen molar-refractivity contribution in [2.75, 3.05) is 6.61 Å². The van der Waals surface area contributed by atoms with Crippen LogP contribution in [0.1, 0.15) is 23.1 Å². The topological polar surface area (TPSA) is 112 Å². The SMILES string of the molecule is N=C(CC(O)CO)C1=NC(=O)C(=Cc2ccc3c(cnn3Cc3ccc(Cl)cc3C(F)(F)F)c2)S1. The Morgan fingerprint density at radius 2 is 2.03 bits per heavy atom. The van der Waals surface area contributed by atoms with E-state index in [2.05, 4.69) is 10.1 Å². The van der Waals surface area contributed by atoms with Gasteiger partial charge in [-0.25, -0.2) is 0 Å². The number of carbonyl (C=O) groups is 1. The van der Waals surface area contributed by atoms with E-state index in [9.17, 15) is 23.1 Å². The Bertz CT molecular complexity index is 1380. The fourth-order valence-electron chi connectivity index (χ4n) is 3.51. The summed E-state index contributed by atoms with van der Waals surface area (Å²) in [5.41, 5.74) is 0.417. The summed E-state index contributed by atoms with van der Waals surface area (Å²) >= 11 is 6.76. The third-order valence-corrected chi connectivity index (χ3v) is 6.47. The van der Waals surface area contributed by atoms with Gasteiger partial charge >= 0.3 is 6.18 Å². The molecule has 2 heterocycles. The number of fused-ring (bicyclic) bond motifs is 1. The molecule has 2 aromatic carbocycles. The van der Waals surface area contributed by atoms with Gasteiger partial charge in [0.25, 0.3) is 5.91 Å². The van der Waals surface area contributed by atoms with E-state index in [4.69, 9.17) is 22.1 Å². The molecule has 1 amide bonds. The van der Waals surface area contributed by atoms with Gasteiger partial charge in [-0.1, -0.05) is 35.5 Å². The first-order valence-electron chi connectivity index (χ1n) is 10.3. The molecule has 182 valence electrons. The number of halogens is 4. The highest BCUT2D eigenvalue weighted by Crippen LogP contribution is 2.35. The molecule has 12 heteroatoms. The van der Waals surface area contributed by atoms with Crippen molar-refractivity contribution >= 4 is 57.0 Å². The quantitative estimate of drug-likeness (QED) is 0.312. The maximum absolute atomic E-state index is 13.4. The van der Waals surface area contributed by atoms with Gasteiger partial charge in [0.05, 0.1) is 47.1 Å². The van der Waals surface area contributed by atoms with Crippen LogP contribution in [0.5, 0.6) is 0 Å². The number of nitrogens with one attached hydrogen (secondary N) is 1. The molecule has 0 spiro atoms. The van der Waals surface area contributed by atoms with Crippen molar-refractivity contribution in [3.8, 4) is 0 Å². The van der Waals surface area contributed by atoms with Crippen molar-refractivity contribution in [2.45, 2.75) is 25.2 Å². The molecule has 0 aliphatic carbocycles. The zero-order chi connectivity index (χ0) is 25.3. The number of thioether (sulfide) groups is 1. The third-order valence-electron chi connectivity index (χ3n) is 5.19. The minimum absolute atomic E-state index is 0.00439. The fourth-order valence-corrected chi connectivity index (χ4v) is 4.55. The van der Waals surface area contributed by atoms with Crippen LogP contribution in [-0.2, 0) is 17.5 Å². The predicted octanol–water partition coefficient (Wildman–Crippen LogP) is 4.53. The van der Waals surface area contributed by atoms with Crippen molar-refractivity contribution < 1.29 is 28.2 Å². The second-order valence-corrected chi connectivity index (χ2v) is 9.24. The average Bonchev–Trinajstić information content (AvgIpc) is 3.37. The number of nitrogens with zero attached hydrogens (tertiary/aromatic N) is 3.